The molecule has 0 fully saturated rings. The predicted octanol–water partition coefficient (Wildman–Crippen LogP) is 1.66. The fourth-order valence-electron chi connectivity index (χ4n) is 1.93. The maximum atomic E-state index is 12.2. The second-order valence-corrected chi connectivity index (χ2v) is 6.62. The highest BCUT2D eigenvalue weighted by Crippen LogP contribution is 2.20. The number of sulfonamides is 1. The highest BCUT2D eigenvalue weighted by atomic mass is 32.2. The van der Waals surface area contributed by atoms with Crippen LogP contribution in [0, 0.1) is 0 Å². The van der Waals surface area contributed by atoms with E-state index in [1.165, 1.54) is 25.3 Å². The summed E-state index contributed by atoms with van der Waals surface area (Å²) in [5.74, 6) is -1.84. The molecule has 0 heterocycles. The van der Waals surface area contributed by atoms with Crippen LogP contribution >= 0.6 is 0 Å². The standard InChI is InChI=1S/C16H15N3O5S/c1-11(20)18-15-8-7-13(9-14(15)16(21)22)25(23,24)19-17-10-12-5-3-2-4-6-12/h2-10,19H,1H3,(H,18,20)(H,21,22). The zero-order valence-corrected chi connectivity index (χ0v) is 13.9. The SMILES string of the molecule is CC(=O)Nc1ccc(S(=O)(=O)NN=Cc2ccccc2)cc1C(=O)O. The third kappa shape index (κ3) is 4.88. The minimum Gasteiger partial charge on any atom is -0.478 e. The van der Waals surface area contributed by atoms with Crippen molar-refractivity contribution < 1.29 is 23.1 Å². The van der Waals surface area contributed by atoms with Crippen LogP contribution in [0.15, 0.2) is 58.5 Å². The van der Waals surface area contributed by atoms with Crippen molar-refractivity contribution in [1.82, 2.24) is 4.83 Å². The van der Waals surface area contributed by atoms with Gasteiger partial charge in [0.15, 0.2) is 0 Å². The van der Waals surface area contributed by atoms with Gasteiger partial charge in [-0.2, -0.15) is 13.5 Å². The van der Waals surface area contributed by atoms with E-state index in [4.69, 9.17) is 0 Å². The molecule has 130 valence electrons. The van der Waals surface area contributed by atoms with Gasteiger partial charge in [0, 0.05) is 6.92 Å². The first-order valence-corrected chi connectivity index (χ1v) is 8.53. The molecule has 1 amide bonds. The van der Waals surface area contributed by atoms with Crippen LogP contribution in [0.1, 0.15) is 22.8 Å². The van der Waals surface area contributed by atoms with Gasteiger partial charge in [-0.25, -0.2) is 9.63 Å². The first-order chi connectivity index (χ1) is 11.8. The number of hydrogen-bond acceptors (Lipinski definition) is 5. The minimum absolute atomic E-state index is 0.00624. The Morgan fingerprint density at radius 3 is 2.40 bits per heavy atom. The number of nitrogens with one attached hydrogen (secondary N) is 2. The van der Waals surface area contributed by atoms with E-state index in [-0.39, 0.29) is 16.1 Å². The Hall–Kier alpha value is -3.20. The lowest BCUT2D eigenvalue weighted by Gasteiger charge is -2.09. The van der Waals surface area contributed by atoms with E-state index >= 15 is 0 Å². The molecule has 0 bridgehead atoms. The van der Waals surface area contributed by atoms with Gasteiger partial charge in [0.25, 0.3) is 10.0 Å². The zero-order chi connectivity index (χ0) is 18.4. The van der Waals surface area contributed by atoms with E-state index in [1.807, 2.05) is 10.9 Å². The first-order valence-electron chi connectivity index (χ1n) is 7.04. The van der Waals surface area contributed by atoms with Gasteiger partial charge in [-0.1, -0.05) is 30.3 Å². The number of carboxylic acid groups (broad SMARTS) is 1. The summed E-state index contributed by atoms with van der Waals surface area (Å²) in [7, 11) is -4.06. The predicted molar refractivity (Wildman–Crippen MR) is 92.1 cm³/mol. The fraction of sp³-hybridized carbons (Fsp3) is 0.0625. The Bertz CT molecular complexity index is 924. The molecular weight excluding hydrogens is 346 g/mol. The monoisotopic (exact) mass is 361 g/mol. The number of amides is 1. The van der Waals surface area contributed by atoms with Crippen molar-refractivity contribution >= 4 is 33.8 Å². The number of carbonyl (C=O) groups is 2. The van der Waals surface area contributed by atoms with Crippen LogP contribution < -0.4 is 10.1 Å². The van der Waals surface area contributed by atoms with Crippen LogP contribution in [0.4, 0.5) is 5.69 Å². The summed E-state index contributed by atoms with van der Waals surface area (Å²) < 4.78 is 24.5. The van der Waals surface area contributed by atoms with Gasteiger partial charge in [-0.3, -0.25) is 4.79 Å². The molecule has 0 aliphatic heterocycles. The third-order valence-corrected chi connectivity index (χ3v) is 4.25. The quantitative estimate of drug-likeness (QED) is 0.533. The van der Waals surface area contributed by atoms with Gasteiger partial charge in [-0.15, -0.1) is 0 Å². The van der Waals surface area contributed by atoms with Crippen LogP contribution in [-0.2, 0) is 14.8 Å². The maximum absolute atomic E-state index is 12.2. The second-order valence-electron chi connectivity index (χ2n) is 4.96. The van der Waals surface area contributed by atoms with Crippen LogP contribution in [0.3, 0.4) is 0 Å². The van der Waals surface area contributed by atoms with E-state index < -0.39 is 21.9 Å². The van der Waals surface area contributed by atoms with E-state index in [0.29, 0.717) is 5.56 Å². The molecule has 8 nitrogen and oxygen atoms in total. The van der Waals surface area contributed by atoms with Crippen molar-refractivity contribution in [2.24, 2.45) is 5.10 Å². The molecule has 0 aliphatic rings. The van der Waals surface area contributed by atoms with Crippen molar-refractivity contribution in [3.8, 4) is 0 Å². The molecule has 3 N–H and O–H groups in total. The Morgan fingerprint density at radius 1 is 1.12 bits per heavy atom. The van der Waals surface area contributed by atoms with Crippen LogP contribution in [0.5, 0.6) is 0 Å². The zero-order valence-electron chi connectivity index (χ0n) is 13.1. The summed E-state index contributed by atoms with van der Waals surface area (Å²) >= 11 is 0. The van der Waals surface area contributed by atoms with E-state index in [9.17, 15) is 23.1 Å². The average molecular weight is 361 g/mol. The van der Waals surface area contributed by atoms with Gasteiger partial charge in [0.1, 0.15) is 0 Å². The van der Waals surface area contributed by atoms with Crippen molar-refractivity contribution in [2.45, 2.75) is 11.8 Å². The van der Waals surface area contributed by atoms with Crippen LogP contribution in [-0.4, -0.2) is 31.6 Å². The number of aromatic carboxylic acids is 1. The number of hydrogen-bond donors (Lipinski definition) is 3. The molecule has 9 heteroatoms. The summed E-state index contributed by atoms with van der Waals surface area (Å²) in [6, 6.07) is 12.2. The fourth-order valence-corrected chi connectivity index (χ4v) is 2.75. The van der Waals surface area contributed by atoms with Gasteiger partial charge in [0.05, 0.1) is 22.4 Å². The summed E-state index contributed by atoms with van der Waals surface area (Å²) in [6.45, 7) is 1.22. The van der Waals surface area contributed by atoms with Gasteiger partial charge in [0.2, 0.25) is 5.91 Å². The van der Waals surface area contributed by atoms with Gasteiger partial charge >= 0.3 is 5.97 Å². The third-order valence-electron chi connectivity index (χ3n) is 3.03. The molecule has 2 rings (SSSR count). The van der Waals surface area contributed by atoms with E-state index in [1.54, 1.807) is 24.3 Å². The summed E-state index contributed by atoms with van der Waals surface area (Å²) in [5, 5.41) is 15.2. The lowest BCUT2D eigenvalue weighted by molar-refractivity contribution is -0.114. The van der Waals surface area contributed by atoms with Crippen molar-refractivity contribution in [3.63, 3.8) is 0 Å². The highest BCUT2D eigenvalue weighted by molar-refractivity contribution is 7.89. The molecule has 0 atom stereocenters. The number of carbonyl (C=O) groups excluding carboxylic acids is 1. The molecule has 0 saturated carbocycles. The highest BCUT2D eigenvalue weighted by Gasteiger charge is 2.19. The second kappa shape index (κ2) is 7.58. The summed E-state index contributed by atoms with van der Waals surface area (Å²) in [4.78, 5) is 24.1. The van der Waals surface area contributed by atoms with Crippen molar-refractivity contribution in [3.05, 3.63) is 59.7 Å². The lowest BCUT2D eigenvalue weighted by Crippen LogP contribution is -2.19. The van der Waals surface area contributed by atoms with Crippen LogP contribution in [0.25, 0.3) is 0 Å². The average Bonchev–Trinajstić information content (AvgIpc) is 2.55. The van der Waals surface area contributed by atoms with E-state index in [2.05, 4.69) is 10.4 Å². The molecule has 2 aromatic rings. The smallest absolute Gasteiger partial charge is 0.337 e. The number of hydrazone groups is 1. The van der Waals surface area contributed by atoms with Crippen molar-refractivity contribution in [1.29, 1.82) is 0 Å². The molecule has 0 saturated heterocycles. The Morgan fingerprint density at radius 2 is 1.80 bits per heavy atom. The number of nitrogens with zero attached hydrogens (tertiary/aromatic N) is 1. The van der Waals surface area contributed by atoms with E-state index in [0.717, 1.165) is 6.07 Å². The van der Waals surface area contributed by atoms with Crippen molar-refractivity contribution in [2.75, 3.05) is 5.32 Å². The Labute approximate surface area is 144 Å². The molecule has 0 aromatic heterocycles. The molecule has 2 aromatic carbocycles. The number of benzene rings is 2. The Kier molecular flexibility index (Phi) is 5.50. The Balaban J connectivity index is 2.26. The summed E-state index contributed by atoms with van der Waals surface area (Å²) in [5.41, 5.74) is 0.356. The first kappa shape index (κ1) is 18.1. The molecule has 0 radical (unpaired) electrons. The molecule has 0 spiro atoms. The van der Waals surface area contributed by atoms with Gasteiger partial charge < -0.3 is 10.4 Å². The normalized spacial score (nSPS) is 11.2. The summed E-state index contributed by atoms with van der Waals surface area (Å²) in [6.07, 6.45) is 1.32. The largest absolute Gasteiger partial charge is 0.478 e. The number of carboxylic acids is 1. The number of rotatable bonds is 6. The molecule has 25 heavy (non-hydrogen) atoms. The molecule has 0 aliphatic carbocycles. The number of anilines is 1. The maximum Gasteiger partial charge on any atom is 0.337 e. The minimum atomic E-state index is -4.06. The molecule has 0 unspecified atom stereocenters. The topological polar surface area (TPSA) is 125 Å². The van der Waals surface area contributed by atoms with Gasteiger partial charge in [-0.05, 0) is 23.8 Å². The lowest BCUT2D eigenvalue weighted by atomic mass is 10.2. The van der Waals surface area contributed by atoms with Crippen LogP contribution in [0.2, 0.25) is 0 Å². The molecular formula is C16H15N3O5S.